The van der Waals surface area contributed by atoms with E-state index in [9.17, 15) is 0 Å². The second kappa shape index (κ2) is 12.9. The predicted octanol–water partition coefficient (Wildman–Crippen LogP) is 0.633. The molecular formula is C15H30IN3. The molecule has 0 unspecified atom stereocenters. The van der Waals surface area contributed by atoms with E-state index in [1.807, 2.05) is 29.0 Å². The van der Waals surface area contributed by atoms with Crippen LogP contribution in [-0.2, 0) is 13.6 Å². The van der Waals surface area contributed by atoms with Crippen LogP contribution < -0.4 is 28.5 Å². The molecule has 0 aliphatic carbocycles. The van der Waals surface area contributed by atoms with Gasteiger partial charge in [-0.15, -0.1) is 4.68 Å². The molecule has 0 aromatic carbocycles. The van der Waals surface area contributed by atoms with Crippen LogP contribution in [0.3, 0.4) is 0 Å². The monoisotopic (exact) mass is 379 g/mol. The van der Waals surface area contributed by atoms with Crippen LogP contribution >= 0.6 is 0 Å². The van der Waals surface area contributed by atoms with Crippen molar-refractivity contribution in [1.82, 2.24) is 9.78 Å². The van der Waals surface area contributed by atoms with Crippen LogP contribution in [0.25, 0.3) is 0 Å². The molecule has 3 nitrogen and oxygen atoms in total. The molecule has 0 saturated heterocycles. The van der Waals surface area contributed by atoms with E-state index < -0.39 is 0 Å². The minimum absolute atomic E-state index is 0. The van der Waals surface area contributed by atoms with E-state index in [0.29, 0.717) is 0 Å². The summed E-state index contributed by atoms with van der Waals surface area (Å²) in [4.78, 5) is 0. The summed E-state index contributed by atoms with van der Waals surface area (Å²) >= 11 is 0. The summed E-state index contributed by atoms with van der Waals surface area (Å²) in [5.74, 6) is 0. The van der Waals surface area contributed by atoms with E-state index in [-0.39, 0.29) is 24.0 Å². The average molecular weight is 379 g/mol. The van der Waals surface area contributed by atoms with Crippen molar-refractivity contribution < 1.29 is 28.5 Å². The molecule has 0 saturated carbocycles. The molecule has 0 aliphatic heterocycles. The van der Waals surface area contributed by atoms with Crippen LogP contribution in [0, 0.1) is 0 Å². The maximum absolute atomic E-state index is 4.27. The smallest absolute Gasteiger partial charge is 0.264 e. The molecule has 0 fully saturated rings. The van der Waals surface area contributed by atoms with Gasteiger partial charge in [0.05, 0.1) is 7.05 Å². The van der Waals surface area contributed by atoms with Gasteiger partial charge < -0.3 is 24.0 Å². The van der Waals surface area contributed by atoms with Crippen molar-refractivity contribution in [2.24, 2.45) is 7.05 Å². The molecule has 0 spiro atoms. The summed E-state index contributed by atoms with van der Waals surface area (Å²) in [5, 5.41) is 4.27. The number of rotatable bonds is 11. The van der Waals surface area contributed by atoms with Crippen molar-refractivity contribution in [3.05, 3.63) is 12.7 Å². The van der Waals surface area contributed by atoms with Gasteiger partial charge >= 0.3 is 0 Å². The molecule has 1 heterocycles. The normalized spacial score (nSPS) is 10.4. The predicted molar refractivity (Wildman–Crippen MR) is 75.2 cm³/mol. The number of aryl methyl sites for hydroxylation is 2. The molecule has 4 heteroatoms. The van der Waals surface area contributed by atoms with E-state index in [2.05, 4.69) is 12.0 Å². The van der Waals surface area contributed by atoms with Crippen molar-refractivity contribution in [3.8, 4) is 0 Å². The summed E-state index contributed by atoms with van der Waals surface area (Å²) in [5.41, 5.74) is 0. The zero-order chi connectivity index (χ0) is 13.1. The number of nitrogens with zero attached hydrogens (tertiary/aromatic N) is 3. The number of unbranched alkanes of at least 4 members (excludes halogenated alkanes) is 9. The van der Waals surface area contributed by atoms with Gasteiger partial charge in [0, 0.05) is 5.10 Å². The van der Waals surface area contributed by atoms with Crippen LogP contribution in [0.2, 0.25) is 0 Å². The van der Waals surface area contributed by atoms with E-state index in [4.69, 9.17) is 0 Å². The van der Waals surface area contributed by atoms with E-state index in [0.717, 1.165) is 6.54 Å². The van der Waals surface area contributed by atoms with E-state index in [1.165, 1.54) is 64.2 Å². The Kier molecular flexibility index (Phi) is 12.8. The van der Waals surface area contributed by atoms with Gasteiger partial charge in [-0.05, 0) is 6.42 Å². The maximum Gasteiger partial charge on any atom is 0.264 e. The van der Waals surface area contributed by atoms with Crippen LogP contribution in [-0.4, -0.2) is 9.78 Å². The van der Waals surface area contributed by atoms with Crippen LogP contribution in [0.15, 0.2) is 12.7 Å². The SMILES string of the molecule is CCCCCCCCCCCCn1c[n+](C)cn1.[I-]. The van der Waals surface area contributed by atoms with Crippen molar-refractivity contribution >= 4 is 0 Å². The Hall–Kier alpha value is -0.130. The molecule has 19 heavy (non-hydrogen) atoms. The van der Waals surface area contributed by atoms with Gasteiger partial charge in [0.15, 0.2) is 0 Å². The lowest BCUT2D eigenvalue weighted by Gasteiger charge is -2.01. The van der Waals surface area contributed by atoms with Crippen LogP contribution in [0.5, 0.6) is 0 Å². The van der Waals surface area contributed by atoms with Crippen LogP contribution in [0.4, 0.5) is 0 Å². The molecule has 0 aliphatic rings. The number of hydrogen-bond acceptors (Lipinski definition) is 1. The Morgan fingerprint density at radius 2 is 1.42 bits per heavy atom. The first kappa shape index (κ1) is 18.9. The molecule has 0 atom stereocenters. The molecule has 0 N–H and O–H groups in total. The second-order valence-electron chi connectivity index (χ2n) is 5.36. The zero-order valence-corrected chi connectivity index (χ0v) is 14.8. The molecule has 1 rings (SSSR count). The summed E-state index contributed by atoms with van der Waals surface area (Å²) in [6, 6.07) is 0. The third-order valence-corrected chi connectivity index (χ3v) is 3.44. The van der Waals surface area contributed by atoms with E-state index >= 15 is 0 Å². The summed E-state index contributed by atoms with van der Waals surface area (Å²) in [6.45, 7) is 3.34. The van der Waals surface area contributed by atoms with E-state index in [1.54, 1.807) is 0 Å². The Morgan fingerprint density at radius 1 is 0.895 bits per heavy atom. The maximum atomic E-state index is 4.27. The Labute approximate surface area is 135 Å². The fourth-order valence-electron chi connectivity index (χ4n) is 2.29. The summed E-state index contributed by atoms with van der Waals surface area (Å²) in [6.07, 6.45) is 17.8. The fourth-order valence-corrected chi connectivity index (χ4v) is 2.29. The first-order chi connectivity index (χ1) is 8.83. The highest BCUT2D eigenvalue weighted by Gasteiger charge is 2.01. The van der Waals surface area contributed by atoms with Crippen LogP contribution in [0.1, 0.15) is 71.1 Å². The molecule has 0 amide bonds. The number of aromatic nitrogens is 3. The lowest BCUT2D eigenvalue weighted by Crippen LogP contribution is -3.00. The van der Waals surface area contributed by atoms with Crippen molar-refractivity contribution in [1.29, 1.82) is 0 Å². The van der Waals surface area contributed by atoms with Crippen molar-refractivity contribution in [3.63, 3.8) is 0 Å². The fraction of sp³-hybridized carbons (Fsp3) is 0.867. The summed E-state index contributed by atoms with van der Waals surface area (Å²) < 4.78 is 4.03. The first-order valence-corrected chi connectivity index (χ1v) is 7.70. The highest BCUT2D eigenvalue weighted by Crippen LogP contribution is 2.10. The minimum Gasteiger partial charge on any atom is -1.00 e. The Morgan fingerprint density at radius 3 is 1.89 bits per heavy atom. The third kappa shape index (κ3) is 10.3. The molecular weight excluding hydrogens is 349 g/mol. The average Bonchev–Trinajstić information content (AvgIpc) is 2.77. The van der Waals surface area contributed by atoms with Gasteiger partial charge in [0.2, 0.25) is 6.33 Å². The van der Waals surface area contributed by atoms with Gasteiger partial charge in [-0.1, -0.05) is 64.7 Å². The molecule has 1 aromatic heterocycles. The lowest BCUT2D eigenvalue weighted by atomic mass is 10.1. The topological polar surface area (TPSA) is 21.7 Å². The van der Waals surface area contributed by atoms with Crippen molar-refractivity contribution in [2.75, 3.05) is 0 Å². The highest BCUT2D eigenvalue weighted by atomic mass is 127. The molecule has 112 valence electrons. The highest BCUT2D eigenvalue weighted by molar-refractivity contribution is 4.50. The van der Waals surface area contributed by atoms with Crippen molar-refractivity contribution in [2.45, 2.75) is 77.7 Å². The Balaban J connectivity index is 0.00000324. The van der Waals surface area contributed by atoms with Gasteiger partial charge in [0.25, 0.3) is 6.33 Å². The number of hydrogen-bond donors (Lipinski definition) is 0. The zero-order valence-electron chi connectivity index (χ0n) is 12.7. The minimum atomic E-state index is 0. The standard InChI is InChI=1S/C15H30N3.HI/c1-3-4-5-6-7-8-9-10-11-12-13-18-15-17(2)14-16-18;/h14-15H,3-13H2,1-2H3;1H/q+1;/p-1. The first-order valence-electron chi connectivity index (χ1n) is 7.70. The van der Waals surface area contributed by atoms with Gasteiger partial charge in [-0.3, -0.25) is 0 Å². The number of halogens is 1. The largest absolute Gasteiger partial charge is 1.00 e. The molecule has 0 bridgehead atoms. The van der Waals surface area contributed by atoms with Gasteiger partial charge in [0.1, 0.15) is 6.54 Å². The van der Waals surface area contributed by atoms with Gasteiger partial charge in [-0.25, -0.2) is 4.57 Å². The molecule has 0 radical (unpaired) electrons. The summed E-state index contributed by atoms with van der Waals surface area (Å²) in [7, 11) is 2.02. The Bertz CT molecular complexity index is 299. The quantitative estimate of drug-likeness (QED) is 0.314. The molecule has 1 aromatic rings. The second-order valence-corrected chi connectivity index (χ2v) is 5.36. The van der Waals surface area contributed by atoms with Gasteiger partial charge in [-0.2, -0.15) is 0 Å². The lowest BCUT2D eigenvalue weighted by molar-refractivity contribution is -0.672. The third-order valence-electron chi connectivity index (χ3n) is 3.44.